The molecule has 2 aromatic rings. The number of ether oxygens (including phenoxy) is 1. The van der Waals surface area contributed by atoms with Crippen LogP contribution in [0.3, 0.4) is 0 Å². The first-order valence-corrected chi connectivity index (χ1v) is 9.82. The van der Waals surface area contributed by atoms with Crippen molar-refractivity contribution >= 4 is 43.5 Å². The second kappa shape index (κ2) is 9.82. The lowest BCUT2D eigenvalue weighted by Gasteiger charge is -2.09. The highest BCUT2D eigenvalue weighted by Crippen LogP contribution is 2.35. The van der Waals surface area contributed by atoms with Crippen molar-refractivity contribution in [2.75, 3.05) is 11.9 Å². The number of anilines is 1. The summed E-state index contributed by atoms with van der Waals surface area (Å²) < 4.78 is 6.69. The summed E-state index contributed by atoms with van der Waals surface area (Å²) in [6.45, 7) is 2.88. The molecule has 134 valence electrons. The molecule has 0 atom stereocenters. The molecule has 0 unspecified atom stereocenters. The number of benzene rings is 2. The number of amides is 1. The molecule has 6 heteroatoms. The molecule has 0 fully saturated rings. The number of unbranched alkanes of at least 4 members (excludes halogenated alkanes) is 3. The minimum absolute atomic E-state index is 0.0958. The van der Waals surface area contributed by atoms with E-state index in [1.807, 2.05) is 0 Å². The highest BCUT2D eigenvalue weighted by molar-refractivity contribution is 9.11. The smallest absolute Gasteiger partial charge is 0.255 e. The normalized spacial score (nSPS) is 10.5. The molecule has 0 aliphatic carbocycles. The van der Waals surface area contributed by atoms with Gasteiger partial charge >= 0.3 is 0 Å². The molecule has 0 spiro atoms. The van der Waals surface area contributed by atoms with Crippen LogP contribution in [-0.4, -0.2) is 17.6 Å². The average Bonchev–Trinajstić information content (AvgIpc) is 2.60. The fourth-order valence-electron chi connectivity index (χ4n) is 2.26. The number of nitrogens with one attached hydrogen (secondary N) is 1. The summed E-state index contributed by atoms with van der Waals surface area (Å²) in [5.74, 6) is 0.639. The van der Waals surface area contributed by atoms with E-state index < -0.39 is 0 Å². The first-order valence-electron chi connectivity index (χ1n) is 8.23. The maximum Gasteiger partial charge on any atom is 0.255 e. The van der Waals surface area contributed by atoms with Gasteiger partial charge in [0.1, 0.15) is 11.5 Å². The average molecular weight is 471 g/mol. The molecule has 0 radical (unpaired) electrons. The van der Waals surface area contributed by atoms with E-state index in [-0.39, 0.29) is 11.7 Å². The molecule has 0 saturated carbocycles. The van der Waals surface area contributed by atoms with Crippen molar-refractivity contribution in [2.45, 2.75) is 32.6 Å². The fourth-order valence-corrected chi connectivity index (χ4v) is 3.45. The molecule has 0 saturated heterocycles. The van der Waals surface area contributed by atoms with Crippen LogP contribution < -0.4 is 10.1 Å². The van der Waals surface area contributed by atoms with Gasteiger partial charge in [0.2, 0.25) is 0 Å². The van der Waals surface area contributed by atoms with Gasteiger partial charge < -0.3 is 15.2 Å². The van der Waals surface area contributed by atoms with Gasteiger partial charge in [-0.25, -0.2) is 0 Å². The van der Waals surface area contributed by atoms with E-state index >= 15 is 0 Å². The van der Waals surface area contributed by atoms with Crippen molar-refractivity contribution in [1.82, 2.24) is 0 Å². The number of phenols is 1. The Morgan fingerprint density at radius 2 is 1.72 bits per heavy atom. The fraction of sp³-hybridized carbons (Fsp3) is 0.316. The number of hydrogen-bond acceptors (Lipinski definition) is 3. The molecule has 0 heterocycles. The topological polar surface area (TPSA) is 58.6 Å². The molecular formula is C19H21Br2NO3. The molecule has 25 heavy (non-hydrogen) atoms. The zero-order valence-corrected chi connectivity index (χ0v) is 17.2. The molecule has 4 nitrogen and oxygen atoms in total. The highest BCUT2D eigenvalue weighted by Gasteiger charge is 2.10. The molecule has 0 aliphatic rings. The second-order valence-corrected chi connectivity index (χ2v) is 7.38. The summed E-state index contributed by atoms with van der Waals surface area (Å²) in [6.07, 6.45) is 4.65. The van der Waals surface area contributed by atoms with Crippen molar-refractivity contribution in [3.05, 3.63) is 50.9 Å². The van der Waals surface area contributed by atoms with Crippen LogP contribution in [0.25, 0.3) is 0 Å². The van der Waals surface area contributed by atoms with E-state index in [1.165, 1.54) is 19.3 Å². The Morgan fingerprint density at radius 1 is 1.08 bits per heavy atom. The minimum Gasteiger partial charge on any atom is -0.506 e. The van der Waals surface area contributed by atoms with Crippen LogP contribution in [0, 0.1) is 0 Å². The van der Waals surface area contributed by atoms with E-state index in [2.05, 4.69) is 44.1 Å². The lowest BCUT2D eigenvalue weighted by atomic mass is 10.2. The number of halogens is 2. The van der Waals surface area contributed by atoms with E-state index in [1.54, 1.807) is 36.4 Å². The largest absolute Gasteiger partial charge is 0.506 e. The van der Waals surface area contributed by atoms with Gasteiger partial charge in [0.25, 0.3) is 5.91 Å². The monoisotopic (exact) mass is 469 g/mol. The summed E-state index contributed by atoms with van der Waals surface area (Å²) in [6, 6.07) is 10.4. The molecule has 2 N–H and O–H groups in total. The maximum atomic E-state index is 12.3. The minimum atomic E-state index is -0.223. The third-order valence-electron chi connectivity index (χ3n) is 3.66. The molecule has 2 rings (SSSR count). The molecule has 0 bridgehead atoms. The molecule has 0 aromatic heterocycles. The van der Waals surface area contributed by atoms with Crippen molar-refractivity contribution in [3.63, 3.8) is 0 Å². The van der Waals surface area contributed by atoms with Crippen molar-refractivity contribution < 1.29 is 14.6 Å². The number of carbonyl (C=O) groups is 1. The predicted molar refractivity (Wildman–Crippen MR) is 108 cm³/mol. The Labute approximate surface area is 164 Å². The van der Waals surface area contributed by atoms with Gasteiger partial charge in [-0.05, 0) is 74.7 Å². The van der Waals surface area contributed by atoms with E-state index in [0.717, 1.165) is 12.2 Å². The van der Waals surface area contributed by atoms with Crippen LogP contribution >= 0.6 is 31.9 Å². The predicted octanol–water partition coefficient (Wildman–Crippen LogP) is 6.13. The molecule has 0 aliphatic heterocycles. The SMILES string of the molecule is CCCCCCOc1ccc(C(=O)Nc2cc(Br)c(O)c(Br)c2)cc1. The van der Waals surface area contributed by atoms with Crippen LogP contribution in [0.4, 0.5) is 5.69 Å². The lowest BCUT2D eigenvalue weighted by molar-refractivity contribution is 0.102. The van der Waals surface area contributed by atoms with Gasteiger partial charge in [-0.15, -0.1) is 0 Å². The van der Waals surface area contributed by atoms with Crippen LogP contribution in [0.2, 0.25) is 0 Å². The Morgan fingerprint density at radius 3 is 2.32 bits per heavy atom. The van der Waals surface area contributed by atoms with E-state index in [0.29, 0.717) is 26.8 Å². The number of aromatic hydroxyl groups is 1. The van der Waals surface area contributed by atoms with Gasteiger partial charge in [0.05, 0.1) is 15.6 Å². The standard InChI is InChI=1S/C19H21Br2NO3/c1-2-3-4-5-10-25-15-8-6-13(7-9-15)19(24)22-14-11-16(20)18(23)17(21)12-14/h6-9,11-12,23H,2-5,10H2,1H3,(H,22,24). The second-order valence-electron chi connectivity index (χ2n) is 5.68. The van der Waals surface area contributed by atoms with Gasteiger partial charge in [0, 0.05) is 11.3 Å². The van der Waals surface area contributed by atoms with Gasteiger partial charge in [-0.2, -0.15) is 0 Å². The van der Waals surface area contributed by atoms with Crippen LogP contribution in [-0.2, 0) is 0 Å². The Hall–Kier alpha value is -1.53. The number of carbonyl (C=O) groups excluding carboxylic acids is 1. The third-order valence-corrected chi connectivity index (χ3v) is 4.87. The first kappa shape index (κ1) is 19.8. The zero-order valence-electron chi connectivity index (χ0n) is 14.0. The zero-order chi connectivity index (χ0) is 18.2. The van der Waals surface area contributed by atoms with E-state index in [9.17, 15) is 9.90 Å². The van der Waals surface area contributed by atoms with Crippen molar-refractivity contribution in [3.8, 4) is 11.5 Å². The molecular weight excluding hydrogens is 450 g/mol. The van der Waals surface area contributed by atoms with Gasteiger partial charge in [-0.3, -0.25) is 4.79 Å². The first-order chi connectivity index (χ1) is 12.0. The highest BCUT2D eigenvalue weighted by atomic mass is 79.9. The Bertz CT molecular complexity index is 694. The van der Waals surface area contributed by atoms with Crippen LogP contribution in [0.5, 0.6) is 11.5 Å². The Balaban J connectivity index is 1.92. The molecule has 2 aromatic carbocycles. The number of rotatable bonds is 8. The number of phenolic OH excluding ortho intramolecular Hbond substituents is 1. The quantitative estimate of drug-likeness (QED) is 0.360. The van der Waals surface area contributed by atoms with Gasteiger partial charge in [0.15, 0.2) is 0 Å². The van der Waals surface area contributed by atoms with Crippen LogP contribution in [0.15, 0.2) is 45.3 Å². The summed E-state index contributed by atoms with van der Waals surface area (Å²) >= 11 is 6.49. The summed E-state index contributed by atoms with van der Waals surface area (Å²) in [5, 5.41) is 12.5. The van der Waals surface area contributed by atoms with Gasteiger partial charge in [-0.1, -0.05) is 26.2 Å². The third kappa shape index (κ3) is 6.04. The molecule has 1 amide bonds. The summed E-state index contributed by atoms with van der Waals surface area (Å²) in [5.41, 5.74) is 1.12. The van der Waals surface area contributed by atoms with Crippen LogP contribution in [0.1, 0.15) is 43.0 Å². The lowest BCUT2D eigenvalue weighted by Crippen LogP contribution is -2.11. The number of hydrogen-bond donors (Lipinski definition) is 2. The van der Waals surface area contributed by atoms with E-state index in [4.69, 9.17) is 4.74 Å². The Kier molecular flexibility index (Phi) is 7.78. The van der Waals surface area contributed by atoms with Crippen molar-refractivity contribution in [1.29, 1.82) is 0 Å². The van der Waals surface area contributed by atoms with Crippen molar-refractivity contribution in [2.24, 2.45) is 0 Å². The summed E-state index contributed by atoms with van der Waals surface area (Å²) in [7, 11) is 0. The summed E-state index contributed by atoms with van der Waals surface area (Å²) in [4.78, 5) is 12.3. The maximum absolute atomic E-state index is 12.3.